The van der Waals surface area contributed by atoms with Crippen molar-refractivity contribution >= 4 is 21.4 Å². The Kier molecular flexibility index (Phi) is 1.85. The maximum atomic E-state index is 13.2. The lowest BCUT2D eigenvalue weighted by Crippen LogP contribution is -1.85. The Labute approximate surface area is 74.6 Å². The van der Waals surface area contributed by atoms with Crippen molar-refractivity contribution in [2.24, 2.45) is 0 Å². The van der Waals surface area contributed by atoms with E-state index >= 15 is 0 Å². The quantitative estimate of drug-likeness (QED) is 0.629. The Bertz CT molecular complexity index is 403. The Morgan fingerprint density at radius 1 is 1.50 bits per heavy atom. The molecule has 1 heterocycles. The lowest BCUT2D eigenvalue weighted by Gasteiger charge is -1.98. The van der Waals surface area contributed by atoms with E-state index in [1.807, 2.05) is 19.1 Å². The van der Waals surface area contributed by atoms with Crippen LogP contribution in [0.4, 0.5) is 4.39 Å². The minimum absolute atomic E-state index is 0.100. The molecule has 0 saturated heterocycles. The summed E-state index contributed by atoms with van der Waals surface area (Å²) >= 11 is 1.53. The number of hydrogen-bond donors (Lipinski definition) is 0. The summed E-state index contributed by atoms with van der Waals surface area (Å²) in [6.45, 7) is 1.96. The molecule has 0 spiro atoms. The molecule has 0 unspecified atom stereocenters. The molecule has 0 aliphatic carbocycles. The molecule has 0 fully saturated rings. The SMILES string of the molecule is CCc1cc2s[c]cc2cc1F. The molecule has 0 nitrogen and oxygen atoms in total. The third-order valence-electron chi connectivity index (χ3n) is 1.94. The van der Waals surface area contributed by atoms with Crippen molar-refractivity contribution in [2.75, 3.05) is 0 Å². The van der Waals surface area contributed by atoms with E-state index in [1.54, 1.807) is 6.07 Å². The second-order valence-corrected chi connectivity index (χ2v) is 3.58. The molecule has 12 heavy (non-hydrogen) atoms. The van der Waals surface area contributed by atoms with Crippen molar-refractivity contribution in [1.29, 1.82) is 0 Å². The summed E-state index contributed by atoms with van der Waals surface area (Å²) in [5.41, 5.74) is 0.790. The summed E-state index contributed by atoms with van der Waals surface area (Å²) in [7, 11) is 0. The number of thiophene rings is 1. The standard InChI is InChI=1S/C10H8FS/c1-2-7-6-10-8(3-4-12-10)5-9(7)11/h3,5-6H,2H2,1H3. The van der Waals surface area contributed by atoms with E-state index in [-0.39, 0.29) is 5.82 Å². The Morgan fingerprint density at radius 3 is 3.08 bits per heavy atom. The summed E-state index contributed by atoms with van der Waals surface area (Å²) in [4.78, 5) is 0. The number of aryl methyl sites for hydroxylation is 1. The van der Waals surface area contributed by atoms with E-state index in [9.17, 15) is 4.39 Å². The molecule has 0 amide bonds. The van der Waals surface area contributed by atoms with Gasteiger partial charge in [-0.15, -0.1) is 11.3 Å². The topological polar surface area (TPSA) is 0 Å². The highest BCUT2D eigenvalue weighted by molar-refractivity contribution is 7.16. The van der Waals surface area contributed by atoms with Gasteiger partial charge in [0.1, 0.15) is 5.82 Å². The largest absolute Gasteiger partial charge is 0.207 e. The normalized spacial score (nSPS) is 10.8. The molecule has 2 aromatic rings. The number of halogens is 1. The molecule has 0 bridgehead atoms. The fourth-order valence-electron chi connectivity index (χ4n) is 1.24. The van der Waals surface area contributed by atoms with Gasteiger partial charge < -0.3 is 0 Å². The molecule has 0 aliphatic heterocycles. The third-order valence-corrected chi connectivity index (χ3v) is 2.75. The molecule has 61 valence electrons. The Hall–Kier alpha value is -0.890. The van der Waals surface area contributed by atoms with Crippen LogP contribution in [0, 0.1) is 11.2 Å². The van der Waals surface area contributed by atoms with E-state index in [0.717, 1.165) is 22.1 Å². The summed E-state index contributed by atoms with van der Waals surface area (Å²) in [6.07, 6.45) is 0.750. The van der Waals surface area contributed by atoms with Gasteiger partial charge in [0.05, 0.1) is 0 Å². The van der Waals surface area contributed by atoms with E-state index in [0.29, 0.717) is 0 Å². The van der Waals surface area contributed by atoms with E-state index in [1.165, 1.54) is 11.3 Å². The van der Waals surface area contributed by atoms with E-state index < -0.39 is 0 Å². The lowest BCUT2D eigenvalue weighted by atomic mass is 10.1. The lowest BCUT2D eigenvalue weighted by molar-refractivity contribution is 0.614. The monoisotopic (exact) mass is 179 g/mol. The predicted molar refractivity (Wildman–Crippen MR) is 50.0 cm³/mol. The van der Waals surface area contributed by atoms with E-state index in [2.05, 4.69) is 5.38 Å². The summed E-state index contributed by atoms with van der Waals surface area (Å²) < 4.78 is 14.3. The molecule has 0 atom stereocenters. The molecule has 2 heteroatoms. The smallest absolute Gasteiger partial charge is 0.127 e. The molecule has 1 aromatic heterocycles. The van der Waals surface area contributed by atoms with Gasteiger partial charge in [-0.25, -0.2) is 4.39 Å². The van der Waals surface area contributed by atoms with Crippen molar-refractivity contribution in [3.63, 3.8) is 0 Å². The summed E-state index contributed by atoms with van der Waals surface area (Å²) in [6, 6.07) is 5.32. The highest BCUT2D eigenvalue weighted by Gasteiger charge is 2.02. The summed E-state index contributed by atoms with van der Waals surface area (Å²) in [5.74, 6) is -0.100. The molecule has 2 rings (SSSR count). The zero-order valence-electron chi connectivity index (χ0n) is 6.73. The van der Waals surface area contributed by atoms with Gasteiger partial charge in [0, 0.05) is 10.1 Å². The maximum absolute atomic E-state index is 13.2. The summed E-state index contributed by atoms with van der Waals surface area (Å²) in [5, 5.41) is 3.94. The maximum Gasteiger partial charge on any atom is 0.127 e. The van der Waals surface area contributed by atoms with Crippen molar-refractivity contribution in [1.82, 2.24) is 0 Å². The van der Waals surface area contributed by atoms with E-state index in [4.69, 9.17) is 0 Å². The first-order valence-electron chi connectivity index (χ1n) is 3.89. The van der Waals surface area contributed by atoms with Crippen LogP contribution in [0.3, 0.4) is 0 Å². The van der Waals surface area contributed by atoms with Gasteiger partial charge >= 0.3 is 0 Å². The average Bonchev–Trinajstić information content (AvgIpc) is 2.49. The van der Waals surface area contributed by atoms with Gasteiger partial charge in [0.25, 0.3) is 0 Å². The van der Waals surface area contributed by atoms with Crippen molar-refractivity contribution in [3.8, 4) is 0 Å². The number of benzene rings is 1. The highest BCUT2D eigenvalue weighted by atomic mass is 32.1. The van der Waals surface area contributed by atoms with Crippen LogP contribution in [0.1, 0.15) is 12.5 Å². The molecule has 0 aliphatic rings. The zero-order valence-corrected chi connectivity index (χ0v) is 7.54. The Balaban J connectivity index is 2.73. The second kappa shape index (κ2) is 2.87. The zero-order chi connectivity index (χ0) is 8.55. The van der Waals surface area contributed by atoms with Gasteiger partial charge in [-0.1, -0.05) is 6.92 Å². The fourth-order valence-corrected chi connectivity index (χ4v) is 1.99. The van der Waals surface area contributed by atoms with Crippen LogP contribution in [-0.2, 0) is 6.42 Å². The van der Waals surface area contributed by atoms with Crippen molar-refractivity contribution in [3.05, 3.63) is 35.0 Å². The van der Waals surface area contributed by atoms with Gasteiger partial charge in [0.2, 0.25) is 0 Å². The number of rotatable bonds is 1. The first-order chi connectivity index (χ1) is 5.81. The van der Waals surface area contributed by atoms with Crippen LogP contribution in [0.15, 0.2) is 18.2 Å². The first kappa shape index (κ1) is 7.74. The predicted octanol–water partition coefficient (Wildman–Crippen LogP) is 3.40. The molecular formula is C10H8FS. The van der Waals surface area contributed by atoms with Crippen molar-refractivity contribution in [2.45, 2.75) is 13.3 Å². The molecule has 0 N–H and O–H groups in total. The van der Waals surface area contributed by atoms with Gasteiger partial charge in [-0.3, -0.25) is 0 Å². The van der Waals surface area contributed by atoms with Gasteiger partial charge in [0.15, 0.2) is 0 Å². The number of fused-ring (bicyclic) bond motifs is 1. The first-order valence-corrected chi connectivity index (χ1v) is 4.71. The molecule has 1 aromatic carbocycles. The van der Waals surface area contributed by atoms with Crippen LogP contribution in [0.5, 0.6) is 0 Å². The Morgan fingerprint density at radius 2 is 2.33 bits per heavy atom. The van der Waals surface area contributed by atoms with Crippen LogP contribution in [0.2, 0.25) is 0 Å². The van der Waals surface area contributed by atoms with Gasteiger partial charge in [-0.2, -0.15) is 0 Å². The fraction of sp³-hybridized carbons (Fsp3) is 0.200. The average molecular weight is 179 g/mol. The number of hydrogen-bond acceptors (Lipinski definition) is 1. The van der Waals surface area contributed by atoms with Crippen LogP contribution in [0.25, 0.3) is 10.1 Å². The molecule has 1 radical (unpaired) electrons. The van der Waals surface area contributed by atoms with Crippen LogP contribution in [-0.4, -0.2) is 0 Å². The molecule has 0 saturated carbocycles. The second-order valence-electron chi connectivity index (χ2n) is 2.70. The minimum Gasteiger partial charge on any atom is -0.207 e. The van der Waals surface area contributed by atoms with Crippen LogP contribution >= 0.6 is 11.3 Å². The van der Waals surface area contributed by atoms with Crippen molar-refractivity contribution < 1.29 is 4.39 Å². The van der Waals surface area contributed by atoms with Crippen LogP contribution < -0.4 is 0 Å². The van der Waals surface area contributed by atoms with Gasteiger partial charge in [-0.05, 0) is 35.6 Å². The minimum atomic E-state index is -0.100. The highest BCUT2D eigenvalue weighted by Crippen LogP contribution is 2.23. The molecular weight excluding hydrogens is 171 g/mol. The third kappa shape index (κ3) is 1.12.